The van der Waals surface area contributed by atoms with E-state index in [-0.39, 0.29) is 5.91 Å². The normalized spacial score (nSPS) is 14.4. The monoisotopic (exact) mass is 362 g/mol. The van der Waals surface area contributed by atoms with E-state index in [4.69, 9.17) is 16.3 Å². The van der Waals surface area contributed by atoms with Crippen LogP contribution in [-0.2, 0) is 4.79 Å². The molecule has 25 heavy (non-hydrogen) atoms. The molecule has 1 aliphatic rings. The van der Waals surface area contributed by atoms with Crippen molar-refractivity contribution in [3.05, 3.63) is 29.4 Å². The minimum absolute atomic E-state index is 0.0884. The predicted octanol–water partition coefficient (Wildman–Crippen LogP) is 1.95. The van der Waals surface area contributed by atoms with Crippen molar-refractivity contribution in [1.29, 1.82) is 0 Å². The first-order chi connectivity index (χ1) is 12.1. The molecule has 0 unspecified atom stereocenters. The van der Waals surface area contributed by atoms with Crippen molar-refractivity contribution in [3.63, 3.8) is 0 Å². The van der Waals surface area contributed by atoms with Crippen molar-refractivity contribution >= 4 is 35.0 Å². The topological polar surface area (TPSA) is 83.5 Å². The summed E-state index contributed by atoms with van der Waals surface area (Å²) in [4.78, 5) is 19.7. The van der Waals surface area contributed by atoms with Crippen LogP contribution in [-0.4, -0.2) is 59.3 Å². The first-order valence-electron chi connectivity index (χ1n) is 7.87. The Balaban J connectivity index is 1.70. The number of benzene rings is 1. The molecule has 1 saturated heterocycles. The van der Waals surface area contributed by atoms with Gasteiger partial charge in [0, 0.05) is 38.8 Å². The Bertz CT molecular complexity index is 764. The highest BCUT2D eigenvalue weighted by Gasteiger charge is 2.21. The fraction of sp³-hybridized carbons (Fsp3) is 0.375. The van der Waals surface area contributed by atoms with E-state index in [2.05, 4.69) is 20.5 Å². The van der Waals surface area contributed by atoms with Crippen LogP contribution in [0.15, 0.2) is 24.4 Å². The van der Waals surface area contributed by atoms with E-state index in [1.54, 1.807) is 32.4 Å². The zero-order valence-corrected chi connectivity index (χ0v) is 14.8. The first-order valence-corrected chi connectivity index (χ1v) is 8.25. The lowest BCUT2D eigenvalue weighted by molar-refractivity contribution is -0.129. The van der Waals surface area contributed by atoms with Gasteiger partial charge in [0.05, 0.1) is 18.3 Å². The number of ether oxygens (including phenoxy) is 1. The van der Waals surface area contributed by atoms with Gasteiger partial charge in [-0.25, -0.2) is 0 Å². The Hall–Kier alpha value is -2.61. The minimum atomic E-state index is 0.0884. The van der Waals surface area contributed by atoms with Gasteiger partial charge in [0.2, 0.25) is 11.9 Å². The van der Waals surface area contributed by atoms with E-state index in [9.17, 15) is 4.79 Å². The molecule has 0 aliphatic carbocycles. The predicted molar refractivity (Wildman–Crippen MR) is 95.6 cm³/mol. The van der Waals surface area contributed by atoms with E-state index >= 15 is 0 Å². The van der Waals surface area contributed by atoms with Crippen LogP contribution in [0.2, 0.25) is 5.02 Å². The summed E-state index contributed by atoms with van der Waals surface area (Å²) in [5.41, 5.74) is 0.777. The smallest absolute Gasteiger partial charge is 0.247 e. The molecule has 9 heteroatoms. The molecule has 1 aliphatic heterocycles. The van der Waals surface area contributed by atoms with Gasteiger partial charge in [-0.1, -0.05) is 11.6 Å². The number of anilines is 3. The minimum Gasteiger partial charge on any atom is -0.495 e. The number of amides is 1. The molecule has 0 bridgehead atoms. The summed E-state index contributed by atoms with van der Waals surface area (Å²) in [6, 6.07) is 5.38. The van der Waals surface area contributed by atoms with Gasteiger partial charge in [-0.3, -0.25) is 4.79 Å². The van der Waals surface area contributed by atoms with E-state index in [1.807, 2.05) is 15.9 Å². The Morgan fingerprint density at radius 3 is 2.68 bits per heavy atom. The van der Waals surface area contributed by atoms with Crippen molar-refractivity contribution < 1.29 is 9.53 Å². The zero-order chi connectivity index (χ0) is 17.8. The largest absolute Gasteiger partial charge is 0.495 e. The summed E-state index contributed by atoms with van der Waals surface area (Å²) in [6.07, 6.45) is 1.55. The number of halogens is 1. The summed E-state index contributed by atoms with van der Waals surface area (Å²) in [6.45, 7) is 4.26. The number of aromatic nitrogens is 3. The van der Waals surface area contributed by atoms with Crippen LogP contribution in [0.4, 0.5) is 17.5 Å². The van der Waals surface area contributed by atoms with Crippen molar-refractivity contribution in [2.75, 3.05) is 43.5 Å². The summed E-state index contributed by atoms with van der Waals surface area (Å²) in [5, 5.41) is 11.8. The molecule has 1 fully saturated rings. The standard InChI is InChI=1S/C16H19ClN6O2/c1-11(24)22-5-7-23(8-6-22)16-20-15(10-18-21-16)19-12-3-4-14(25-2)13(17)9-12/h3-4,9-10H,5-8H2,1-2H3,(H,19,20,21). The van der Waals surface area contributed by atoms with Crippen LogP contribution < -0.4 is 15.0 Å². The fourth-order valence-electron chi connectivity index (χ4n) is 2.60. The maximum atomic E-state index is 11.4. The molecule has 0 saturated carbocycles. The van der Waals surface area contributed by atoms with Gasteiger partial charge in [0.25, 0.3) is 0 Å². The number of nitrogens with one attached hydrogen (secondary N) is 1. The van der Waals surface area contributed by atoms with Gasteiger partial charge in [0.1, 0.15) is 5.75 Å². The van der Waals surface area contributed by atoms with Crippen LogP contribution >= 0.6 is 11.6 Å². The lowest BCUT2D eigenvalue weighted by Crippen LogP contribution is -2.48. The van der Waals surface area contributed by atoms with Crippen LogP contribution in [0, 0.1) is 0 Å². The Morgan fingerprint density at radius 1 is 1.28 bits per heavy atom. The van der Waals surface area contributed by atoms with Crippen LogP contribution in [0.25, 0.3) is 0 Å². The maximum Gasteiger partial charge on any atom is 0.247 e. The number of hydrogen-bond acceptors (Lipinski definition) is 7. The Morgan fingerprint density at radius 2 is 2.04 bits per heavy atom. The van der Waals surface area contributed by atoms with Crippen molar-refractivity contribution in [1.82, 2.24) is 20.1 Å². The lowest BCUT2D eigenvalue weighted by Gasteiger charge is -2.33. The third kappa shape index (κ3) is 4.08. The first kappa shape index (κ1) is 17.2. The van der Waals surface area contributed by atoms with Gasteiger partial charge in [-0.15, -0.1) is 5.10 Å². The van der Waals surface area contributed by atoms with E-state index in [0.29, 0.717) is 48.7 Å². The second-order valence-electron chi connectivity index (χ2n) is 5.61. The molecule has 8 nitrogen and oxygen atoms in total. The summed E-state index contributed by atoms with van der Waals surface area (Å²) in [5.74, 6) is 1.80. The molecule has 1 aromatic carbocycles. The molecule has 2 heterocycles. The van der Waals surface area contributed by atoms with Crippen molar-refractivity contribution in [2.45, 2.75) is 6.92 Å². The van der Waals surface area contributed by atoms with Crippen molar-refractivity contribution in [2.24, 2.45) is 0 Å². The summed E-state index contributed by atoms with van der Waals surface area (Å²) < 4.78 is 5.14. The van der Waals surface area contributed by atoms with E-state index in [0.717, 1.165) is 5.69 Å². The van der Waals surface area contributed by atoms with Crippen molar-refractivity contribution in [3.8, 4) is 5.75 Å². The summed E-state index contributed by atoms with van der Waals surface area (Å²) in [7, 11) is 1.57. The highest BCUT2D eigenvalue weighted by atomic mass is 35.5. The second-order valence-corrected chi connectivity index (χ2v) is 6.02. The number of carbonyl (C=O) groups is 1. The number of nitrogens with zero attached hydrogens (tertiary/aromatic N) is 5. The van der Waals surface area contributed by atoms with Gasteiger partial charge in [-0.2, -0.15) is 10.1 Å². The van der Waals surface area contributed by atoms with Crippen LogP contribution in [0.3, 0.4) is 0 Å². The second kappa shape index (κ2) is 7.52. The molecule has 1 amide bonds. The van der Waals surface area contributed by atoms with Gasteiger partial charge >= 0.3 is 0 Å². The zero-order valence-electron chi connectivity index (χ0n) is 14.1. The number of rotatable bonds is 4. The quantitative estimate of drug-likeness (QED) is 0.889. The van der Waals surface area contributed by atoms with Gasteiger partial charge < -0.3 is 19.9 Å². The van der Waals surface area contributed by atoms with Crippen LogP contribution in [0.5, 0.6) is 5.75 Å². The fourth-order valence-corrected chi connectivity index (χ4v) is 2.86. The molecule has 3 rings (SSSR count). The molecule has 132 valence electrons. The number of hydrogen-bond donors (Lipinski definition) is 1. The molecule has 0 spiro atoms. The number of methoxy groups -OCH3 is 1. The third-order valence-electron chi connectivity index (χ3n) is 3.98. The van der Waals surface area contributed by atoms with Crippen LogP contribution in [0.1, 0.15) is 6.92 Å². The van der Waals surface area contributed by atoms with Gasteiger partial charge in [0.15, 0.2) is 5.82 Å². The molecule has 1 N–H and O–H groups in total. The molecule has 1 aromatic heterocycles. The lowest BCUT2D eigenvalue weighted by atomic mass is 10.3. The molecular weight excluding hydrogens is 344 g/mol. The highest BCUT2D eigenvalue weighted by molar-refractivity contribution is 6.32. The molecule has 0 radical (unpaired) electrons. The molecular formula is C16H19ClN6O2. The van der Waals surface area contributed by atoms with E-state index < -0.39 is 0 Å². The van der Waals surface area contributed by atoms with E-state index in [1.165, 1.54) is 0 Å². The highest BCUT2D eigenvalue weighted by Crippen LogP contribution is 2.28. The molecule has 0 atom stereocenters. The average molecular weight is 363 g/mol. The molecule has 2 aromatic rings. The number of piperazine rings is 1. The third-order valence-corrected chi connectivity index (χ3v) is 4.28. The van der Waals surface area contributed by atoms with Gasteiger partial charge in [-0.05, 0) is 18.2 Å². The summed E-state index contributed by atoms with van der Waals surface area (Å²) >= 11 is 6.13. The Labute approximate surface area is 150 Å². The maximum absolute atomic E-state index is 11.4. The SMILES string of the molecule is COc1ccc(Nc2cnnc(N3CCN(C(C)=O)CC3)n2)cc1Cl. The number of carbonyl (C=O) groups excluding carboxylic acids is 1. The average Bonchev–Trinajstić information content (AvgIpc) is 2.62. The Kier molecular flexibility index (Phi) is 5.18.